The van der Waals surface area contributed by atoms with Gasteiger partial charge in [-0.25, -0.2) is 4.79 Å². The van der Waals surface area contributed by atoms with Gasteiger partial charge in [0, 0.05) is 17.3 Å². The van der Waals surface area contributed by atoms with E-state index in [0.717, 1.165) is 0 Å². The van der Waals surface area contributed by atoms with E-state index in [9.17, 15) is 14.9 Å². The molecule has 1 rings (SSSR count). The van der Waals surface area contributed by atoms with E-state index in [1.54, 1.807) is 13.8 Å². The van der Waals surface area contributed by atoms with Gasteiger partial charge in [-0.3, -0.25) is 15.4 Å². The molecule has 0 spiro atoms. The van der Waals surface area contributed by atoms with Gasteiger partial charge in [-0.1, -0.05) is 0 Å². The van der Waals surface area contributed by atoms with Crippen LogP contribution in [0.1, 0.15) is 12.5 Å². The standard InChI is InChI=1S/C10H13N3O4/c1-3-17-10(14)12-7-4-8(11)6(2)9(5-7)13(15)16/h4-5H,3,11H2,1-2H3,(H,12,14). The Morgan fingerprint density at radius 3 is 2.76 bits per heavy atom. The summed E-state index contributed by atoms with van der Waals surface area (Å²) in [5.74, 6) is 0. The van der Waals surface area contributed by atoms with Gasteiger partial charge in [0.2, 0.25) is 0 Å². The SMILES string of the molecule is CCOC(=O)Nc1cc(N)c(C)c([N+](=O)[O-])c1. The Morgan fingerprint density at radius 2 is 2.24 bits per heavy atom. The summed E-state index contributed by atoms with van der Waals surface area (Å²) >= 11 is 0. The molecule has 0 bridgehead atoms. The number of nitrogens with one attached hydrogen (secondary N) is 1. The lowest BCUT2D eigenvalue weighted by atomic mass is 10.1. The number of nitrogens with two attached hydrogens (primary N) is 1. The van der Waals surface area contributed by atoms with Crippen LogP contribution in [-0.4, -0.2) is 17.6 Å². The van der Waals surface area contributed by atoms with Gasteiger partial charge in [-0.2, -0.15) is 0 Å². The summed E-state index contributed by atoms with van der Waals surface area (Å²) in [7, 11) is 0. The maximum absolute atomic E-state index is 11.1. The maximum Gasteiger partial charge on any atom is 0.411 e. The van der Waals surface area contributed by atoms with Crippen molar-refractivity contribution in [3.63, 3.8) is 0 Å². The molecule has 7 nitrogen and oxygen atoms in total. The van der Waals surface area contributed by atoms with Gasteiger partial charge in [-0.05, 0) is 19.9 Å². The number of hydrogen-bond donors (Lipinski definition) is 2. The molecule has 0 saturated heterocycles. The van der Waals surface area contributed by atoms with Crippen molar-refractivity contribution in [3.05, 3.63) is 27.8 Å². The number of nitro groups is 1. The number of carbonyl (C=O) groups excluding carboxylic acids is 1. The van der Waals surface area contributed by atoms with Crippen LogP contribution >= 0.6 is 0 Å². The third kappa shape index (κ3) is 3.07. The van der Waals surface area contributed by atoms with Crippen molar-refractivity contribution < 1.29 is 14.5 Å². The Balaban J connectivity index is 3.02. The molecule has 0 saturated carbocycles. The van der Waals surface area contributed by atoms with Crippen molar-refractivity contribution >= 4 is 23.2 Å². The number of nitrogens with zero attached hydrogens (tertiary/aromatic N) is 1. The van der Waals surface area contributed by atoms with Crippen molar-refractivity contribution in [2.75, 3.05) is 17.7 Å². The summed E-state index contributed by atoms with van der Waals surface area (Å²) in [6.45, 7) is 3.42. The summed E-state index contributed by atoms with van der Waals surface area (Å²) in [6, 6.07) is 2.68. The monoisotopic (exact) mass is 239 g/mol. The Hall–Kier alpha value is -2.31. The first-order valence-corrected chi connectivity index (χ1v) is 4.94. The van der Waals surface area contributed by atoms with Gasteiger partial charge >= 0.3 is 6.09 Å². The third-order valence-corrected chi connectivity index (χ3v) is 2.14. The number of ether oxygens (including phenoxy) is 1. The number of hydrogen-bond acceptors (Lipinski definition) is 5. The fourth-order valence-electron chi connectivity index (χ4n) is 1.27. The molecule has 1 aromatic rings. The number of amides is 1. The number of benzene rings is 1. The molecule has 0 fully saturated rings. The minimum atomic E-state index is -0.676. The molecule has 0 aliphatic carbocycles. The normalized spacial score (nSPS) is 9.76. The Morgan fingerprint density at radius 1 is 1.59 bits per heavy atom. The van der Waals surface area contributed by atoms with Crippen molar-refractivity contribution in [3.8, 4) is 0 Å². The van der Waals surface area contributed by atoms with E-state index in [1.807, 2.05) is 0 Å². The molecule has 0 atom stereocenters. The maximum atomic E-state index is 11.1. The van der Waals surface area contributed by atoms with E-state index >= 15 is 0 Å². The summed E-state index contributed by atoms with van der Waals surface area (Å²) in [4.78, 5) is 21.3. The molecule has 0 aliphatic heterocycles. The molecule has 0 aromatic heterocycles. The van der Waals surface area contributed by atoms with E-state index in [4.69, 9.17) is 5.73 Å². The topological polar surface area (TPSA) is 107 Å². The predicted octanol–water partition coefficient (Wildman–Crippen LogP) is 2.05. The zero-order valence-electron chi connectivity index (χ0n) is 9.52. The van der Waals surface area contributed by atoms with Crippen molar-refractivity contribution in [2.24, 2.45) is 0 Å². The number of carbonyl (C=O) groups is 1. The van der Waals surface area contributed by atoms with Crippen LogP contribution < -0.4 is 11.1 Å². The highest BCUT2D eigenvalue weighted by Crippen LogP contribution is 2.28. The van der Waals surface area contributed by atoms with Crippen LogP contribution in [0.3, 0.4) is 0 Å². The van der Waals surface area contributed by atoms with Gasteiger partial charge < -0.3 is 10.5 Å². The van der Waals surface area contributed by atoms with Crippen LogP contribution in [0.25, 0.3) is 0 Å². The fourth-order valence-corrected chi connectivity index (χ4v) is 1.27. The van der Waals surface area contributed by atoms with Gasteiger partial charge in [-0.15, -0.1) is 0 Å². The molecule has 0 aliphatic rings. The highest BCUT2D eigenvalue weighted by molar-refractivity contribution is 5.86. The molecule has 1 aromatic carbocycles. The van der Waals surface area contributed by atoms with Crippen LogP contribution in [0.2, 0.25) is 0 Å². The Bertz CT molecular complexity index is 459. The molecule has 1 amide bonds. The molecule has 17 heavy (non-hydrogen) atoms. The van der Waals surface area contributed by atoms with Gasteiger partial charge in [0.15, 0.2) is 0 Å². The lowest BCUT2D eigenvalue weighted by Gasteiger charge is -2.08. The van der Waals surface area contributed by atoms with E-state index in [-0.39, 0.29) is 23.7 Å². The second kappa shape index (κ2) is 5.15. The van der Waals surface area contributed by atoms with Gasteiger partial charge in [0.25, 0.3) is 5.69 Å². The lowest BCUT2D eigenvalue weighted by molar-refractivity contribution is -0.385. The van der Waals surface area contributed by atoms with Gasteiger partial charge in [0.05, 0.1) is 17.2 Å². The molecule has 0 radical (unpaired) electrons. The highest BCUT2D eigenvalue weighted by atomic mass is 16.6. The van der Waals surface area contributed by atoms with Crippen molar-refractivity contribution in [1.82, 2.24) is 0 Å². The number of nitrogen functional groups attached to an aromatic ring is 1. The molecule has 0 unspecified atom stereocenters. The average molecular weight is 239 g/mol. The van der Waals surface area contributed by atoms with E-state index in [1.165, 1.54) is 12.1 Å². The molecule has 92 valence electrons. The highest BCUT2D eigenvalue weighted by Gasteiger charge is 2.15. The minimum Gasteiger partial charge on any atom is -0.450 e. The first-order valence-electron chi connectivity index (χ1n) is 4.94. The Kier molecular flexibility index (Phi) is 3.86. The quantitative estimate of drug-likeness (QED) is 0.476. The molecular weight excluding hydrogens is 226 g/mol. The van der Waals surface area contributed by atoms with Gasteiger partial charge in [0.1, 0.15) is 0 Å². The summed E-state index contributed by atoms with van der Waals surface area (Å²) in [6.07, 6.45) is -0.676. The number of anilines is 2. The average Bonchev–Trinajstić information content (AvgIpc) is 2.23. The second-order valence-corrected chi connectivity index (χ2v) is 3.31. The van der Waals surface area contributed by atoms with Crippen LogP contribution in [0, 0.1) is 17.0 Å². The molecule has 3 N–H and O–H groups in total. The number of rotatable bonds is 3. The summed E-state index contributed by atoms with van der Waals surface area (Å²) in [5.41, 5.74) is 6.31. The van der Waals surface area contributed by atoms with E-state index < -0.39 is 11.0 Å². The third-order valence-electron chi connectivity index (χ3n) is 2.14. The van der Waals surface area contributed by atoms with E-state index in [2.05, 4.69) is 10.1 Å². The van der Waals surface area contributed by atoms with Crippen molar-refractivity contribution in [1.29, 1.82) is 0 Å². The minimum absolute atomic E-state index is 0.142. The number of nitro benzene ring substituents is 1. The first kappa shape index (κ1) is 12.8. The molecule has 7 heteroatoms. The summed E-state index contributed by atoms with van der Waals surface area (Å²) < 4.78 is 4.66. The van der Waals surface area contributed by atoms with Crippen LogP contribution in [0.15, 0.2) is 12.1 Å². The zero-order chi connectivity index (χ0) is 13.0. The molecular formula is C10H13N3O4. The van der Waals surface area contributed by atoms with E-state index in [0.29, 0.717) is 5.56 Å². The summed E-state index contributed by atoms with van der Waals surface area (Å²) in [5, 5.41) is 13.1. The van der Waals surface area contributed by atoms with Crippen LogP contribution in [-0.2, 0) is 4.74 Å². The first-order chi connectivity index (χ1) is 7.95. The van der Waals surface area contributed by atoms with Crippen LogP contribution in [0.5, 0.6) is 0 Å². The van der Waals surface area contributed by atoms with Crippen LogP contribution in [0.4, 0.5) is 21.9 Å². The fraction of sp³-hybridized carbons (Fsp3) is 0.300. The van der Waals surface area contributed by atoms with Crippen molar-refractivity contribution in [2.45, 2.75) is 13.8 Å². The largest absolute Gasteiger partial charge is 0.450 e. The smallest absolute Gasteiger partial charge is 0.411 e. The molecule has 0 heterocycles. The Labute approximate surface area is 97.7 Å². The predicted molar refractivity (Wildman–Crippen MR) is 62.9 cm³/mol. The second-order valence-electron chi connectivity index (χ2n) is 3.31. The lowest BCUT2D eigenvalue weighted by Crippen LogP contribution is -2.13. The zero-order valence-corrected chi connectivity index (χ0v) is 9.52.